The Balaban J connectivity index is 2.21. The second kappa shape index (κ2) is 8.65. The number of aromatic hydroxyl groups is 1. The molecular formula is C24H24F2N2O5. The highest BCUT2D eigenvalue weighted by atomic mass is 19.1. The Morgan fingerprint density at radius 3 is 2.42 bits per heavy atom. The number of phenols is 1. The minimum absolute atomic E-state index is 0.0107. The average Bonchev–Trinajstić information content (AvgIpc) is 3.07. The van der Waals surface area contributed by atoms with Crippen LogP contribution in [0, 0.1) is 18.6 Å². The second-order valence-corrected chi connectivity index (χ2v) is 8.14. The number of aliphatic carboxylic acids is 1. The van der Waals surface area contributed by atoms with Crippen molar-refractivity contribution < 1.29 is 33.4 Å². The number of phenolic OH excluding ortho intramolecular Hbond substituents is 1. The van der Waals surface area contributed by atoms with Gasteiger partial charge in [-0.05, 0) is 63.1 Å². The monoisotopic (exact) mass is 458 g/mol. The predicted octanol–water partition coefficient (Wildman–Crippen LogP) is 4.10. The van der Waals surface area contributed by atoms with E-state index in [2.05, 4.69) is 5.32 Å². The maximum Gasteiger partial charge on any atom is 0.329 e. The van der Waals surface area contributed by atoms with Crippen molar-refractivity contribution in [3.05, 3.63) is 64.9 Å². The second-order valence-electron chi connectivity index (χ2n) is 8.14. The van der Waals surface area contributed by atoms with Gasteiger partial charge in [0.15, 0.2) is 11.6 Å². The molecule has 0 saturated carbocycles. The van der Waals surface area contributed by atoms with Gasteiger partial charge in [-0.3, -0.25) is 14.2 Å². The number of amides is 1. The van der Waals surface area contributed by atoms with E-state index >= 15 is 4.39 Å². The zero-order valence-electron chi connectivity index (χ0n) is 18.6. The summed E-state index contributed by atoms with van der Waals surface area (Å²) in [5.41, 5.74) is -1.13. The number of halogens is 2. The number of carboxylic acids is 1. The van der Waals surface area contributed by atoms with Crippen molar-refractivity contribution >= 4 is 28.7 Å². The van der Waals surface area contributed by atoms with E-state index in [1.807, 2.05) is 0 Å². The molecule has 2 aromatic carbocycles. The number of benzene rings is 2. The highest BCUT2D eigenvalue weighted by molar-refractivity contribution is 6.06. The first-order valence-electron chi connectivity index (χ1n) is 10.3. The Labute approximate surface area is 188 Å². The van der Waals surface area contributed by atoms with E-state index in [1.165, 1.54) is 45.0 Å². The topological polar surface area (TPSA) is 109 Å². The molecule has 174 valence electrons. The van der Waals surface area contributed by atoms with Crippen molar-refractivity contribution in [3.63, 3.8) is 0 Å². The third-order valence-corrected chi connectivity index (χ3v) is 6.01. The molecule has 7 nitrogen and oxygen atoms in total. The Bertz CT molecular complexity index is 1280. The Hall–Kier alpha value is -3.75. The summed E-state index contributed by atoms with van der Waals surface area (Å²) in [6, 6.07) is 7.41. The maximum atomic E-state index is 15.1. The molecule has 1 amide bonds. The number of nitrogens with zero attached hydrogens (tertiary/aromatic N) is 1. The first-order valence-corrected chi connectivity index (χ1v) is 10.3. The fraction of sp³-hybridized carbons (Fsp3) is 0.292. The van der Waals surface area contributed by atoms with Gasteiger partial charge in [-0.15, -0.1) is 0 Å². The van der Waals surface area contributed by atoms with Crippen LogP contribution in [0.1, 0.15) is 54.7 Å². The van der Waals surface area contributed by atoms with Gasteiger partial charge in [0, 0.05) is 16.6 Å². The minimum atomic E-state index is -1.55. The normalized spacial score (nSPS) is 14.0. The third kappa shape index (κ3) is 4.06. The third-order valence-electron chi connectivity index (χ3n) is 6.01. The van der Waals surface area contributed by atoms with E-state index in [1.54, 1.807) is 6.92 Å². The molecule has 0 saturated heterocycles. The lowest BCUT2D eigenvalue weighted by atomic mass is 9.93. The maximum absolute atomic E-state index is 15.1. The van der Waals surface area contributed by atoms with E-state index in [9.17, 15) is 29.0 Å². The Kier molecular flexibility index (Phi) is 6.26. The largest absolute Gasteiger partial charge is 0.505 e. The summed E-state index contributed by atoms with van der Waals surface area (Å²) in [7, 11) is 0. The summed E-state index contributed by atoms with van der Waals surface area (Å²) >= 11 is 0. The molecule has 0 fully saturated rings. The molecule has 2 unspecified atom stereocenters. The lowest BCUT2D eigenvalue weighted by Gasteiger charge is -2.26. The number of carboxylic acid groups (broad SMARTS) is 1. The van der Waals surface area contributed by atoms with Crippen LogP contribution in [0.2, 0.25) is 0 Å². The van der Waals surface area contributed by atoms with E-state index in [0.717, 1.165) is 16.7 Å². The van der Waals surface area contributed by atoms with Gasteiger partial charge < -0.3 is 15.5 Å². The van der Waals surface area contributed by atoms with E-state index in [0.29, 0.717) is 0 Å². The predicted molar refractivity (Wildman–Crippen MR) is 117 cm³/mol. The minimum Gasteiger partial charge on any atom is -0.505 e. The Morgan fingerprint density at radius 2 is 1.85 bits per heavy atom. The van der Waals surface area contributed by atoms with Crippen molar-refractivity contribution in [2.24, 2.45) is 0 Å². The van der Waals surface area contributed by atoms with Crippen LogP contribution in [0.25, 0.3) is 10.9 Å². The van der Waals surface area contributed by atoms with Gasteiger partial charge in [0.1, 0.15) is 11.4 Å². The van der Waals surface area contributed by atoms with Crippen LogP contribution in [-0.4, -0.2) is 38.1 Å². The fourth-order valence-corrected chi connectivity index (χ4v) is 3.83. The van der Waals surface area contributed by atoms with Gasteiger partial charge in [-0.25, -0.2) is 13.6 Å². The zero-order chi connectivity index (χ0) is 24.7. The van der Waals surface area contributed by atoms with Crippen LogP contribution >= 0.6 is 0 Å². The van der Waals surface area contributed by atoms with Gasteiger partial charge >= 0.3 is 5.97 Å². The highest BCUT2D eigenvalue weighted by Crippen LogP contribution is 2.37. The van der Waals surface area contributed by atoms with Crippen molar-refractivity contribution in [2.45, 2.75) is 45.6 Å². The lowest BCUT2D eigenvalue weighted by Crippen LogP contribution is -2.52. The smallest absolute Gasteiger partial charge is 0.329 e. The molecule has 9 heteroatoms. The molecule has 2 atom stereocenters. The molecule has 3 N–H and O–H groups in total. The fourth-order valence-electron chi connectivity index (χ4n) is 3.83. The molecule has 3 aromatic rings. The van der Waals surface area contributed by atoms with Crippen molar-refractivity contribution in [2.75, 3.05) is 0 Å². The molecule has 0 radical (unpaired) electrons. The van der Waals surface area contributed by atoms with E-state index in [4.69, 9.17) is 0 Å². The summed E-state index contributed by atoms with van der Waals surface area (Å²) in [4.78, 5) is 37.9. The zero-order valence-corrected chi connectivity index (χ0v) is 18.6. The van der Waals surface area contributed by atoms with Crippen molar-refractivity contribution in [1.82, 2.24) is 9.88 Å². The van der Waals surface area contributed by atoms with Gasteiger partial charge in [-0.1, -0.05) is 13.0 Å². The molecule has 33 heavy (non-hydrogen) atoms. The number of rotatable bonds is 6. The number of aromatic nitrogens is 1. The molecule has 1 heterocycles. The number of carbonyl (C=O) groups excluding carboxylic acids is 2. The molecular weight excluding hydrogens is 434 g/mol. The van der Waals surface area contributed by atoms with Gasteiger partial charge in [0.2, 0.25) is 5.91 Å². The van der Waals surface area contributed by atoms with Crippen LogP contribution in [0.4, 0.5) is 8.78 Å². The van der Waals surface area contributed by atoms with Crippen LogP contribution in [0.15, 0.2) is 36.4 Å². The standard InChI is InChI=1S/C24H24F2N2O5/c1-5-24(4,23(32)33)27-21(30)12(2)18-13(3)28(16-9-10-17(29)20(26)19(16)18)22(31)14-7-6-8-15(25)11-14/h6-12,29H,5H2,1-4H3,(H,27,30)(H,32,33). The average molecular weight is 458 g/mol. The van der Waals surface area contributed by atoms with Crippen LogP contribution < -0.4 is 5.32 Å². The summed E-state index contributed by atoms with van der Waals surface area (Å²) < 4.78 is 29.9. The van der Waals surface area contributed by atoms with Crippen molar-refractivity contribution in [1.29, 1.82) is 0 Å². The molecule has 3 rings (SSSR count). The first kappa shape index (κ1) is 23.9. The first-order chi connectivity index (χ1) is 15.4. The number of hydrogen-bond acceptors (Lipinski definition) is 4. The highest BCUT2D eigenvalue weighted by Gasteiger charge is 2.36. The molecule has 0 spiro atoms. The number of fused-ring (bicyclic) bond motifs is 1. The van der Waals surface area contributed by atoms with E-state index < -0.39 is 46.6 Å². The summed E-state index contributed by atoms with van der Waals surface area (Å²) in [5, 5.41) is 21.8. The van der Waals surface area contributed by atoms with E-state index in [-0.39, 0.29) is 34.1 Å². The molecule has 0 aliphatic heterocycles. The van der Waals surface area contributed by atoms with Gasteiger partial charge in [-0.2, -0.15) is 0 Å². The summed E-state index contributed by atoms with van der Waals surface area (Å²) in [6.45, 7) is 5.92. The lowest BCUT2D eigenvalue weighted by molar-refractivity contribution is -0.147. The summed E-state index contributed by atoms with van der Waals surface area (Å²) in [6.07, 6.45) is 0.106. The number of hydrogen-bond donors (Lipinski definition) is 3. The van der Waals surface area contributed by atoms with Crippen molar-refractivity contribution in [3.8, 4) is 5.75 Å². The van der Waals surface area contributed by atoms with Crippen LogP contribution in [0.3, 0.4) is 0 Å². The molecule has 0 aliphatic carbocycles. The van der Waals surface area contributed by atoms with Gasteiger partial charge in [0.05, 0.1) is 11.4 Å². The molecule has 0 bridgehead atoms. The van der Waals surface area contributed by atoms with Crippen LogP contribution in [0.5, 0.6) is 5.75 Å². The molecule has 1 aromatic heterocycles. The quantitative estimate of drug-likeness (QED) is 0.516. The number of carbonyl (C=O) groups is 3. The van der Waals surface area contributed by atoms with Crippen LogP contribution in [-0.2, 0) is 9.59 Å². The SMILES string of the molecule is CCC(C)(NC(=O)C(C)c1c(C)n(C(=O)c2cccc(F)c2)c2ccc(O)c(F)c12)C(=O)O. The summed E-state index contributed by atoms with van der Waals surface area (Å²) in [5.74, 6) is -5.96. The Morgan fingerprint density at radius 1 is 1.18 bits per heavy atom. The molecule has 0 aliphatic rings. The number of nitrogens with one attached hydrogen (secondary N) is 1. The van der Waals surface area contributed by atoms with Gasteiger partial charge in [0.25, 0.3) is 5.91 Å².